The SMILES string of the molecule is Cc1nc(=O)c2cc(Cl)ccc2n1C1=CCN(C(=O)c2cccc3c2C(=O)N(C)C3)CC1. The number of benzene rings is 2. The highest BCUT2D eigenvalue weighted by atomic mass is 35.5. The largest absolute Gasteiger partial charge is 0.337 e. The first kappa shape index (κ1) is 20.5. The summed E-state index contributed by atoms with van der Waals surface area (Å²) in [4.78, 5) is 45.7. The van der Waals surface area contributed by atoms with Gasteiger partial charge in [0.2, 0.25) is 0 Å². The monoisotopic (exact) mass is 448 g/mol. The lowest BCUT2D eigenvalue weighted by Crippen LogP contribution is -2.36. The number of rotatable bonds is 2. The third-order valence-electron chi connectivity index (χ3n) is 6.13. The van der Waals surface area contributed by atoms with Gasteiger partial charge < -0.3 is 14.4 Å². The summed E-state index contributed by atoms with van der Waals surface area (Å²) in [5.41, 5.74) is 3.26. The van der Waals surface area contributed by atoms with Crippen molar-refractivity contribution in [1.82, 2.24) is 19.4 Å². The van der Waals surface area contributed by atoms with Gasteiger partial charge in [-0.15, -0.1) is 0 Å². The van der Waals surface area contributed by atoms with Gasteiger partial charge in [-0.25, -0.2) is 0 Å². The van der Waals surface area contributed by atoms with E-state index in [1.54, 1.807) is 42.0 Å². The highest BCUT2D eigenvalue weighted by molar-refractivity contribution is 6.31. The highest BCUT2D eigenvalue weighted by Gasteiger charge is 2.31. The van der Waals surface area contributed by atoms with Gasteiger partial charge in [-0.1, -0.05) is 23.7 Å². The zero-order valence-electron chi connectivity index (χ0n) is 17.8. The summed E-state index contributed by atoms with van der Waals surface area (Å²) in [5, 5.41) is 0.946. The Morgan fingerprint density at radius 1 is 1.16 bits per heavy atom. The molecular formula is C24H21ClN4O3. The molecule has 1 aromatic heterocycles. The molecule has 0 fully saturated rings. The van der Waals surface area contributed by atoms with E-state index in [0.29, 0.717) is 53.4 Å². The average Bonchev–Trinajstić information content (AvgIpc) is 3.08. The van der Waals surface area contributed by atoms with Crippen LogP contribution >= 0.6 is 11.6 Å². The minimum Gasteiger partial charge on any atom is -0.337 e. The number of hydrogen-bond donors (Lipinski definition) is 0. The molecule has 2 aliphatic heterocycles. The predicted molar refractivity (Wildman–Crippen MR) is 123 cm³/mol. The van der Waals surface area contributed by atoms with Crippen molar-refractivity contribution in [3.05, 3.63) is 80.4 Å². The summed E-state index contributed by atoms with van der Waals surface area (Å²) in [5.74, 6) is 0.329. The molecule has 0 radical (unpaired) electrons. The van der Waals surface area contributed by atoms with Gasteiger partial charge >= 0.3 is 0 Å². The van der Waals surface area contributed by atoms with Crippen molar-refractivity contribution in [2.45, 2.75) is 19.9 Å². The first-order valence-electron chi connectivity index (χ1n) is 10.4. The van der Waals surface area contributed by atoms with E-state index in [9.17, 15) is 14.4 Å². The molecule has 162 valence electrons. The summed E-state index contributed by atoms with van der Waals surface area (Å²) in [6.07, 6.45) is 2.57. The Bertz CT molecular complexity index is 1390. The third kappa shape index (κ3) is 3.20. The summed E-state index contributed by atoms with van der Waals surface area (Å²) in [7, 11) is 1.74. The minimum atomic E-state index is -0.308. The van der Waals surface area contributed by atoms with Crippen molar-refractivity contribution in [2.24, 2.45) is 0 Å². The number of nitrogens with zero attached hydrogens (tertiary/aromatic N) is 4. The maximum atomic E-state index is 13.3. The molecule has 0 unspecified atom stereocenters. The van der Waals surface area contributed by atoms with Crippen molar-refractivity contribution in [3.63, 3.8) is 0 Å². The Hall–Kier alpha value is -3.45. The number of carbonyl (C=O) groups excluding carboxylic acids is 2. The van der Waals surface area contributed by atoms with Crippen molar-refractivity contribution in [2.75, 3.05) is 20.1 Å². The maximum absolute atomic E-state index is 13.3. The first-order valence-corrected chi connectivity index (χ1v) is 10.8. The van der Waals surface area contributed by atoms with Gasteiger partial charge in [0.05, 0.1) is 22.0 Å². The van der Waals surface area contributed by atoms with Crippen molar-refractivity contribution < 1.29 is 9.59 Å². The molecule has 0 bridgehead atoms. The van der Waals surface area contributed by atoms with Crippen LogP contribution < -0.4 is 5.56 Å². The van der Waals surface area contributed by atoms with Gasteiger partial charge in [0, 0.05) is 43.8 Å². The first-order chi connectivity index (χ1) is 15.3. The number of aromatic nitrogens is 2. The van der Waals surface area contributed by atoms with Crippen LogP contribution in [0.5, 0.6) is 0 Å². The Morgan fingerprint density at radius 3 is 2.72 bits per heavy atom. The zero-order valence-corrected chi connectivity index (χ0v) is 18.5. The van der Waals surface area contributed by atoms with Gasteiger partial charge in [0.15, 0.2) is 0 Å². The van der Waals surface area contributed by atoms with E-state index >= 15 is 0 Å². The van der Waals surface area contributed by atoms with Crippen LogP contribution in [0.4, 0.5) is 0 Å². The van der Waals surface area contributed by atoms with Gasteiger partial charge in [-0.3, -0.25) is 14.4 Å². The van der Waals surface area contributed by atoms with Crippen LogP contribution in [0.3, 0.4) is 0 Å². The third-order valence-corrected chi connectivity index (χ3v) is 6.36. The van der Waals surface area contributed by atoms with Crippen LogP contribution in [0, 0.1) is 6.92 Å². The molecule has 0 saturated carbocycles. The molecule has 0 spiro atoms. The second-order valence-electron chi connectivity index (χ2n) is 8.16. The molecule has 3 heterocycles. The van der Waals surface area contributed by atoms with E-state index in [1.807, 2.05) is 28.8 Å². The van der Waals surface area contributed by atoms with Crippen LogP contribution in [0.1, 0.15) is 38.5 Å². The predicted octanol–water partition coefficient (Wildman–Crippen LogP) is 3.33. The summed E-state index contributed by atoms with van der Waals surface area (Å²) >= 11 is 6.08. The van der Waals surface area contributed by atoms with E-state index < -0.39 is 0 Å². The number of carbonyl (C=O) groups is 2. The summed E-state index contributed by atoms with van der Waals surface area (Å²) in [6, 6.07) is 10.7. The molecule has 0 N–H and O–H groups in total. The second kappa shape index (κ2) is 7.60. The smallest absolute Gasteiger partial charge is 0.280 e. The second-order valence-corrected chi connectivity index (χ2v) is 8.60. The lowest BCUT2D eigenvalue weighted by molar-refractivity contribution is 0.0753. The molecule has 8 heteroatoms. The number of halogens is 1. The lowest BCUT2D eigenvalue weighted by atomic mass is 10.0. The van der Waals surface area contributed by atoms with Gasteiger partial charge in [-0.05, 0) is 42.8 Å². The Balaban J connectivity index is 1.48. The number of fused-ring (bicyclic) bond motifs is 2. The molecule has 2 aliphatic rings. The Kier molecular flexibility index (Phi) is 4.86. The fraction of sp³-hybridized carbons (Fsp3) is 0.250. The molecule has 0 saturated heterocycles. The molecule has 0 atom stereocenters. The Labute approximate surface area is 189 Å². The standard InChI is InChI=1S/C24H21ClN4O3/c1-14-26-22(30)19-12-16(25)6-7-20(19)29(14)17-8-10-28(11-9-17)23(31)18-5-3-4-15-13-27(2)24(32)21(15)18/h3-8,12H,9-11,13H2,1-2H3. The van der Waals surface area contributed by atoms with Crippen LogP contribution in [0.2, 0.25) is 5.02 Å². The van der Waals surface area contributed by atoms with Crippen molar-refractivity contribution >= 4 is 40.0 Å². The van der Waals surface area contributed by atoms with Crippen LogP contribution in [-0.2, 0) is 6.54 Å². The molecule has 0 aliphatic carbocycles. The number of aryl methyl sites for hydroxylation is 1. The zero-order chi connectivity index (χ0) is 22.6. The summed E-state index contributed by atoms with van der Waals surface area (Å²) < 4.78 is 1.95. The van der Waals surface area contributed by atoms with Crippen LogP contribution in [0.15, 0.2) is 47.3 Å². The molecule has 3 aromatic rings. The van der Waals surface area contributed by atoms with E-state index in [-0.39, 0.29) is 17.4 Å². The normalized spacial score (nSPS) is 15.8. The molecule has 7 nitrogen and oxygen atoms in total. The van der Waals surface area contributed by atoms with E-state index in [4.69, 9.17) is 11.6 Å². The van der Waals surface area contributed by atoms with Crippen molar-refractivity contribution in [3.8, 4) is 0 Å². The number of amides is 2. The lowest BCUT2D eigenvalue weighted by Gasteiger charge is -2.29. The summed E-state index contributed by atoms with van der Waals surface area (Å²) in [6.45, 7) is 3.22. The maximum Gasteiger partial charge on any atom is 0.280 e. The van der Waals surface area contributed by atoms with E-state index in [0.717, 1.165) is 16.8 Å². The van der Waals surface area contributed by atoms with E-state index in [2.05, 4.69) is 4.98 Å². The fourth-order valence-electron chi connectivity index (χ4n) is 4.57. The van der Waals surface area contributed by atoms with Gasteiger partial charge in [0.25, 0.3) is 17.4 Å². The van der Waals surface area contributed by atoms with Crippen LogP contribution in [0.25, 0.3) is 16.6 Å². The fourth-order valence-corrected chi connectivity index (χ4v) is 4.74. The average molecular weight is 449 g/mol. The number of hydrogen-bond acceptors (Lipinski definition) is 4. The minimum absolute atomic E-state index is 0.114. The van der Waals surface area contributed by atoms with E-state index in [1.165, 1.54) is 0 Å². The molecule has 2 aromatic carbocycles. The molecule has 2 amide bonds. The Morgan fingerprint density at radius 2 is 1.97 bits per heavy atom. The van der Waals surface area contributed by atoms with Gasteiger partial charge in [0.1, 0.15) is 5.82 Å². The van der Waals surface area contributed by atoms with Gasteiger partial charge in [-0.2, -0.15) is 4.98 Å². The van der Waals surface area contributed by atoms with Crippen LogP contribution in [-0.4, -0.2) is 51.3 Å². The molecular weight excluding hydrogens is 428 g/mol. The molecule has 32 heavy (non-hydrogen) atoms. The quantitative estimate of drug-likeness (QED) is 0.602. The highest BCUT2D eigenvalue weighted by Crippen LogP contribution is 2.28. The topological polar surface area (TPSA) is 75.5 Å². The molecule has 5 rings (SSSR count). The van der Waals surface area contributed by atoms with Crippen molar-refractivity contribution in [1.29, 1.82) is 0 Å².